The molecule has 0 heterocycles. The van der Waals surface area contributed by atoms with Gasteiger partial charge >= 0.3 is 21.7 Å². The zero-order valence-corrected chi connectivity index (χ0v) is 21.1. The summed E-state index contributed by atoms with van der Waals surface area (Å²) in [5.74, 6) is 0.193. The van der Waals surface area contributed by atoms with Gasteiger partial charge in [-0.1, -0.05) is 55.4 Å². The molecule has 27 heavy (non-hydrogen) atoms. The van der Waals surface area contributed by atoms with E-state index in [-0.39, 0.29) is 76.7 Å². The van der Waals surface area contributed by atoms with Gasteiger partial charge in [0.2, 0.25) is 11.8 Å². The van der Waals surface area contributed by atoms with E-state index in [4.69, 9.17) is 0 Å². The average Bonchev–Trinajstić information content (AvgIpc) is 2.44. The number of nitrogens with one attached hydrogen (secondary N) is 2. The molecule has 0 bridgehead atoms. The summed E-state index contributed by atoms with van der Waals surface area (Å²) in [4.78, 5) is 24.0. The Kier molecular flexibility index (Phi) is 13.5. The minimum atomic E-state index is 0. The Morgan fingerprint density at radius 3 is 1.33 bits per heavy atom. The quantitative estimate of drug-likeness (QED) is 0.504. The monoisotopic (exact) mass is 416 g/mol. The maximum atomic E-state index is 12.0. The van der Waals surface area contributed by atoms with Crippen molar-refractivity contribution in [2.45, 2.75) is 99.6 Å². The van der Waals surface area contributed by atoms with Crippen LogP contribution < -0.4 is 10.6 Å². The molecule has 2 unspecified atom stereocenters. The Hall–Kier alpha value is -0.346. The van der Waals surface area contributed by atoms with E-state index in [0.717, 1.165) is 19.3 Å². The third kappa shape index (κ3) is 7.53. The zero-order chi connectivity index (χ0) is 18.8. The van der Waals surface area contributed by atoms with E-state index in [2.05, 4.69) is 52.2 Å². The van der Waals surface area contributed by atoms with Gasteiger partial charge in [0.25, 0.3) is 0 Å². The molecule has 0 aliphatic heterocycles. The minimum Gasteiger partial charge on any atom is -0.358 e. The molecule has 0 saturated heterocycles. The van der Waals surface area contributed by atoms with Crippen LogP contribution in [0.4, 0.5) is 0 Å². The molecule has 1 saturated carbocycles. The summed E-state index contributed by atoms with van der Waals surface area (Å²) in [6, 6.07) is 0.235. The Labute approximate surface area is 184 Å². The van der Waals surface area contributed by atoms with Gasteiger partial charge in [-0.25, -0.2) is 0 Å². The van der Waals surface area contributed by atoms with Crippen molar-refractivity contribution in [3.63, 3.8) is 0 Å². The Morgan fingerprint density at radius 2 is 1.11 bits per heavy atom. The van der Waals surface area contributed by atoms with Crippen LogP contribution in [0.25, 0.3) is 0 Å². The molecule has 0 aromatic carbocycles. The molecular weight excluding hydrogens is 372 g/mol. The van der Waals surface area contributed by atoms with Gasteiger partial charge in [-0.05, 0) is 35.5 Å². The summed E-state index contributed by atoms with van der Waals surface area (Å²) in [6.07, 6.45) is 3.75. The molecule has 5 heteroatoms. The van der Waals surface area contributed by atoms with Crippen molar-refractivity contribution < 1.29 is 31.3 Å². The summed E-state index contributed by atoms with van der Waals surface area (Å²) in [6.45, 7) is 17.5. The van der Waals surface area contributed by atoms with Crippen LogP contribution in [0.2, 0.25) is 0 Å². The van der Waals surface area contributed by atoms with Crippen LogP contribution in [0.15, 0.2) is 0 Å². The van der Waals surface area contributed by atoms with Crippen LogP contribution in [-0.2, 0) is 31.3 Å². The normalized spacial score (nSPS) is 21.6. The van der Waals surface area contributed by atoms with Crippen LogP contribution in [-0.4, -0.2) is 23.9 Å². The average molecular weight is 416 g/mol. The first-order valence-corrected chi connectivity index (χ1v) is 9.45. The van der Waals surface area contributed by atoms with Crippen molar-refractivity contribution in [2.75, 3.05) is 0 Å². The van der Waals surface area contributed by atoms with Crippen molar-refractivity contribution in [3.05, 3.63) is 14.9 Å². The first-order chi connectivity index (χ1) is 10.9. The van der Waals surface area contributed by atoms with Gasteiger partial charge in [0.15, 0.2) is 0 Å². The third-order valence-electron chi connectivity index (χ3n) is 6.00. The van der Waals surface area contributed by atoms with Crippen LogP contribution >= 0.6 is 0 Å². The van der Waals surface area contributed by atoms with E-state index in [0.29, 0.717) is 12.8 Å². The van der Waals surface area contributed by atoms with Gasteiger partial charge in [-0.15, -0.1) is 0 Å². The number of carbonyl (C=O) groups is 2. The first-order valence-electron chi connectivity index (χ1n) is 9.45. The number of amides is 2. The molecule has 1 aliphatic carbocycles. The number of hydrogen-bond acceptors (Lipinski definition) is 2. The molecule has 0 aromatic rings. The van der Waals surface area contributed by atoms with E-state index in [1.54, 1.807) is 0 Å². The third-order valence-corrected chi connectivity index (χ3v) is 6.00. The fourth-order valence-corrected chi connectivity index (χ4v) is 4.66. The minimum absolute atomic E-state index is 0. The second kappa shape index (κ2) is 11.6. The van der Waals surface area contributed by atoms with E-state index in [1.807, 2.05) is 13.8 Å². The Morgan fingerprint density at radius 1 is 0.815 bits per heavy atom. The van der Waals surface area contributed by atoms with E-state index in [1.165, 1.54) is 0 Å². The second-order valence-corrected chi connectivity index (χ2v) is 9.46. The maximum absolute atomic E-state index is 12.0. The van der Waals surface area contributed by atoms with Gasteiger partial charge in [0.05, 0.1) is 0 Å². The van der Waals surface area contributed by atoms with Crippen molar-refractivity contribution in [1.82, 2.24) is 10.6 Å². The smallest absolute Gasteiger partial charge is 0.358 e. The molecule has 0 aromatic heterocycles. The van der Waals surface area contributed by atoms with Crippen molar-refractivity contribution in [2.24, 2.45) is 16.2 Å². The van der Waals surface area contributed by atoms with Gasteiger partial charge in [0.1, 0.15) is 0 Å². The number of hydrogen-bond donors (Lipinski definition) is 2. The molecule has 1 rings (SSSR count). The molecule has 2 atom stereocenters. The first kappa shape index (κ1) is 31.4. The van der Waals surface area contributed by atoms with Crippen LogP contribution in [0.1, 0.15) is 87.5 Å². The molecule has 4 nitrogen and oxygen atoms in total. The topological polar surface area (TPSA) is 58.2 Å². The SMILES string of the molecule is CCC(=O)NC1CC(NC(=O)CC)CC(C(C)(C)C)(C(C)(C)C)C1.[CH3-].[CH3-].[Ti+2]. The predicted octanol–water partition coefficient (Wildman–Crippen LogP) is 4.94. The van der Waals surface area contributed by atoms with Gasteiger partial charge in [0, 0.05) is 24.9 Å². The molecule has 0 spiro atoms. The standard InChI is InChI=1S/C20H38N2O2.2CH3.Ti/c1-9-16(23)21-14-11-15(22-17(24)10-2)13-20(12-14,18(3,4)5)19(6,7)8;;;/h14-15H,9-13H2,1-8H3,(H,21,23)(H,22,24);2*1H3;/q;2*-1;+2. The van der Waals surface area contributed by atoms with Crippen LogP contribution in [0, 0.1) is 31.1 Å². The van der Waals surface area contributed by atoms with Crippen molar-refractivity contribution in [1.29, 1.82) is 0 Å². The Balaban J connectivity index is -0.00000192. The predicted molar refractivity (Wildman–Crippen MR) is 112 cm³/mol. The number of carbonyl (C=O) groups excluding carboxylic acids is 2. The fourth-order valence-electron chi connectivity index (χ4n) is 4.66. The molecule has 1 aliphatic rings. The molecule has 2 amide bonds. The van der Waals surface area contributed by atoms with Gasteiger partial charge in [-0.2, -0.15) is 0 Å². The summed E-state index contributed by atoms with van der Waals surface area (Å²) >= 11 is 0. The van der Waals surface area contributed by atoms with Gasteiger partial charge in [-0.3, -0.25) is 9.59 Å². The van der Waals surface area contributed by atoms with Crippen LogP contribution in [0.3, 0.4) is 0 Å². The summed E-state index contributed by atoms with van der Waals surface area (Å²) in [5.41, 5.74) is 0.196. The molecule has 0 radical (unpaired) electrons. The summed E-state index contributed by atoms with van der Waals surface area (Å²) in [7, 11) is 0. The largest absolute Gasteiger partial charge is 2.00 e. The van der Waals surface area contributed by atoms with Crippen molar-refractivity contribution in [3.8, 4) is 0 Å². The van der Waals surface area contributed by atoms with E-state index >= 15 is 0 Å². The molecule has 1 fully saturated rings. The molecule has 158 valence electrons. The zero-order valence-electron chi connectivity index (χ0n) is 19.5. The molecular formula is C22H44N2O2Ti. The summed E-state index contributed by atoms with van der Waals surface area (Å²) < 4.78 is 0. The number of rotatable bonds is 4. The van der Waals surface area contributed by atoms with E-state index in [9.17, 15) is 9.59 Å². The summed E-state index contributed by atoms with van der Waals surface area (Å²) in [5, 5.41) is 6.40. The second-order valence-electron chi connectivity index (χ2n) is 9.46. The Bertz CT molecular complexity index is 422. The maximum Gasteiger partial charge on any atom is 2.00 e. The fraction of sp³-hybridized carbons (Fsp3) is 0.818. The molecule has 2 N–H and O–H groups in total. The van der Waals surface area contributed by atoms with Crippen molar-refractivity contribution >= 4 is 11.8 Å². The van der Waals surface area contributed by atoms with Crippen LogP contribution in [0.5, 0.6) is 0 Å². The van der Waals surface area contributed by atoms with E-state index < -0.39 is 0 Å². The van der Waals surface area contributed by atoms with Gasteiger partial charge < -0.3 is 25.5 Å².